The lowest BCUT2D eigenvalue weighted by Crippen LogP contribution is -2.61. The van der Waals surface area contributed by atoms with Crippen molar-refractivity contribution in [2.24, 2.45) is 0 Å². The Hall–Kier alpha value is -1.77. The van der Waals surface area contributed by atoms with Crippen LogP contribution in [0.25, 0.3) is 0 Å². The Morgan fingerprint density at radius 1 is 1.16 bits per heavy atom. The molecule has 2 saturated heterocycles. The molecular formula is C17H22N2O5S. The van der Waals surface area contributed by atoms with Crippen LogP contribution in [0.15, 0.2) is 24.3 Å². The Bertz CT molecular complexity index is 792. The molecule has 0 aromatic heterocycles. The maximum Gasteiger partial charge on any atom is 0.254 e. The normalized spacial score (nSPS) is 25.6. The van der Waals surface area contributed by atoms with Gasteiger partial charge in [0.2, 0.25) is 0 Å². The fourth-order valence-corrected chi connectivity index (χ4v) is 5.73. The summed E-state index contributed by atoms with van der Waals surface area (Å²) >= 11 is 0. The second kappa shape index (κ2) is 6.86. The summed E-state index contributed by atoms with van der Waals surface area (Å²) in [5.41, 5.74) is 0.853. The standard InChI is InChI=1S/C17H22N2O5S/c1-12(21)13-3-2-4-14(9-13)17(22)19-6-5-18(7-8-20)15-10-25(23,24)11-16(15)19/h2-4,9,15-16,20H,5-8,10-11H2,1H3/t15-,16+/m1/s1. The van der Waals surface area contributed by atoms with Crippen molar-refractivity contribution >= 4 is 21.5 Å². The van der Waals surface area contributed by atoms with Gasteiger partial charge in [0.15, 0.2) is 15.6 Å². The molecule has 1 N–H and O–H groups in total. The van der Waals surface area contributed by atoms with Crippen LogP contribution >= 0.6 is 0 Å². The molecule has 2 heterocycles. The largest absolute Gasteiger partial charge is 0.395 e. The predicted octanol–water partition coefficient (Wildman–Crippen LogP) is -0.195. The van der Waals surface area contributed by atoms with Gasteiger partial charge in [-0.3, -0.25) is 14.5 Å². The molecule has 25 heavy (non-hydrogen) atoms. The zero-order valence-electron chi connectivity index (χ0n) is 14.1. The predicted molar refractivity (Wildman–Crippen MR) is 92.4 cm³/mol. The molecule has 0 radical (unpaired) electrons. The minimum absolute atomic E-state index is 0.00886. The first-order valence-corrected chi connectivity index (χ1v) is 10.1. The van der Waals surface area contributed by atoms with E-state index in [1.54, 1.807) is 29.2 Å². The van der Waals surface area contributed by atoms with E-state index in [-0.39, 0.29) is 35.8 Å². The summed E-state index contributed by atoms with van der Waals surface area (Å²) in [6.45, 7) is 2.72. The number of hydrogen-bond donors (Lipinski definition) is 1. The first kappa shape index (κ1) is 18.0. The van der Waals surface area contributed by atoms with E-state index >= 15 is 0 Å². The number of carbonyl (C=O) groups excluding carboxylic acids is 2. The van der Waals surface area contributed by atoms with Crippen molar-refractivity contribution < 1.29 is 23.1 Å². The summed E-state index contributed by atoms with van der Waals surface area (Å²) in [6.07, 6.45) is 0. The van der Waals surface area contributed by atoms with E-state index in [1.807, 2.05) is 4.90 Å². The molecule has 2 aliphatic heterocycles. The number of fused-ring (bicyclic) bond motifs is 1. The van der Waals surface area contributed by atoms with Gasteiger partial charge in [-0.05, 0) is 19.1 Å². The Morgan fingerprint density at radius 2 is 1.84 bits per heavy atom. The number of carbonyl (C=O) groups is 2. The number of nitrogens with zero attached hydrogens (tertiary/aromatic N) is 2. The van der Waals surface area contributed by atoms with Crippen LogP contribution in [0.4, 0.5) is 0 Å². The highest BCUT2D eigenvalue weighted by atomic mass is 32.2. The van der Waals surface area contributed by atoms with Crippen molar-refractivity contribution in [2.45, 2.75) is 19.0 Å². The van der Waals surface area contributed by atoms with Crippen molar-refractivity contribution in [1.29, 1.82) is 0 Å². The zero-order valence-corrected chi connectivity index (χ0v) is 14.9. The van der Waals surface area contributed by atoms with E-state index in [9.17, 15) is 23.1 Å². The molecule has 0 bridgehead atoms. The van der Waals surface area contributed by atoms with Crippen LogP contribution in [0.5, 0.6) is 0 Å². The maximum atomic E-state index is 12.9. The molecule has 7 nitrogen and oxygen atoms in total. The van der Waals surface area contributed by atoms with Crippen LogP contribution in [0.2, 0.25) is 0 Å². The van der Waals surface area contributed by atoms with Gasteiger partial charge in [-0.2, -0.15) is 0 Å². The summed E-state index contributed by atoms with van der Waals surface area (Å²) in [7, 11) is -3.22. The lowest BCUT2D eigenvalue weighted by Gasteiger charge is -2.43. The molecule has 2 aliphatic rings. The summed E-state index contributed by atoms with van der Waals surface area (Å²) in [5.74, 6) is -0.422. The zero-order chi connectivity index (χ0) is 18.2. The molecule has 2 fully saturated rings. The van der Waals surface area contributed by atoms with Crippen LogP contribution in [-0.4, -0.2) is 84.8 Å². The van der Waals surface area contributed by atoms with Crippen molar-refractivity contribution in [1.82, 2.24) is 9.80 Å². The van der Waals surface area contributed by atoms with Gasteiger partial charge < -0.3 is 10.0 Å². The van der Waals surface area contributed by atoms with Crippen LogP contribution in [0, 0.1) is 0 Å². The van der Waals surface area contributed by atoms with Gasteiger partial charge in [0.05, 0.1) is 24.2 Å². The molecule has 3 rings (SSSR count). The van der Waals surface area contributed by atoms with Crippen molar-refractivity contribution in [3.63, 3.8) is 0 Å². The number of hydrogen-bond acceptors (Lipinski definition) is 6. The monoisotopic (exact) mass is 366 g/mol. The van der Waals surface area contributed by atoms with Crippen molar-refractivity contribution in [3.05, 3.63) is 35.4 Å². The smallest absolute Gasteiger partial charge is 0.254 e. The topological polar surface area (TPSA) is 95.0 Å². The highest BCUT2D eigenvalue weighted by Crippen LogP contribution is 2.28. The Morgan fingerprint density at radius 3 is 2.52 bits per heavy atom. The Balaban J connectivity index is 1.88. The molecule has 1 aromatic carbocycles. The number of rotatable bonds is 4. The van der Waals surface area contributed by atoms with E-state index in [2.05, 4.69) is 0 Å². The van der Waals surface area contributed by atoms with Crippen LogP contribution in [0.1, 0.15) is 27.6 Å². The highest BCUT2D eigenvalue weighted by Gasteiger charge is 2.47. The summed E-state index contributed by atoms with van der Waals surface area (Å²) in [4.78, 5) is 28.1. The van der Waals surface area contributed by atoms with Gasteiger partial charge in [0, 0.05) is 36.8 Å². The molecule has 0 saturated carbocycles. The van der Waals surface area contributed by atoms with Gasteiger partial charge in [-0.1, -0.05) is 12.1 Å². The SMILES string of the molecule is CC(=O)c1cccc(C(=O)N2CCN(CCO)[C@@H]3CS(=O)(=O)C[C@@H]32)c1. The van der Waals surface area contributed by atoms with Crippen LogP contribution < -0.4 is 0 Å². The third-order valence-electron chi connectivity index (χ3n) is 4.96. The summed E-state index contributed by atoms with van der Waals surface area (Å²) in [5, 5.41) is 9.20. The van der Waals surface area contributed by atoms with Gasteiger partial charge >= 0.3 is 0 Å². The quantitative estimate of drug-likeness (QED) is 0.742. The first-order chi connectivity index (χ1) is 11.8. The Labute approximate surface area is 147 Å². The Kier molecular flexibility index (Phi) is 4.95. The minimum Gasteiger partial charge on any atom is -0.395 e. The minimum atomic E-state index is -3.22. The second-order valence-corrected chi connectivity index (χ2v) is 8.76. The van der Waals surface area contributed by atoms with Crippen LogP contribution in [0.3, 0.4) is 0 Å². The van der Waals surface area contributed by atoms with Crippen molar-refractivity contribution in [3.8, 4) is 0 Å². The fourth-order valence-electron chi connectivity index (χ4n) is 3.72. The molecule has 2 atom stereocenters. The molecule has 1 aromatic rings. The third-order valence-corrected chi connectivity index (χ3v) is 6.65. The fraction of sp³-hybridized carbons (Fsp3) is 0.529. The van der Waals surface area contributed by atoms with E-state index in [0.29, 0.717) is 30.8 Å². The highest BCUT2D eigenvalue weighted by molar-refractivity contribution is 7.91. The van der Waals surface area contributed by atoms with Crippen LogP contribution in [-0.2, 0) is 9.84 Å². The van der Waals surface area contributed by atoms with E-state index in [0.717, 1.165) is 0 Å². The number of ketones is 1. The van der Waals surface area contributed by atoms with Crippen molar-refractivity contribution in [2.75, 3.05) is 37.7 Å². The van der Waals surface area contributed by atoms with Gasteiger partial charge in [0.25, 0.3) is 5.91 Å². The molecule has 0 unspecified atom stereocenters. The number of aliphatic hydroxyl groups excluding tert-OH is 1. The van der Waals surface area contributed by atoms with E-state index < -0.39 is 15.9 Å². The average Bonchev–Trinajstić information content (AvgIpc) is 2.90. The van der Waals surface area contributed by atoms with E-state index in [4.69, 9.17) is 0 Å². The van der Waals surface area contributed by atoms with Gasteiger partial charge in [-0.15, -0.1) is 0 Å². The molecule has 136 valence electrons. The molecule has 8 heteroatoms. The number of benzene rings is 1. The first-order valence-electron chi connectivity index (χ1n) is 8.30. The number of sulfone groups is 1. The number of amides is 1. The maximum absolute atomic E-state index is 12.9. The van der Waals surface area contributed by atoms with Gasteiger partial charge in [-0.25, -0.2) is 8.42 Å². The summed E-state index contributed by atoms with van der Waals surface area (Å²) < 4.78 is 24.2. The van der Waals surface area contributed by atoms with E-state index in [1.165, 1.54) is 6.92 Å². The molecule has 1 amide bonds. The number of Topliss-reactive ketones (excluding diaryl/α,β-unsaturated/α-hetero) is 1. The molecule has 0 aliphatic carbocycles. The third kappa shape index (κ3) is 3.61. The summed E-state index contributed by atoms with van der Waals surface area (Å²) in [6, 6.07) is 5.82. The second-order valence-electron chi connectivity index (χ2n) is 6.61. The number of β-amino-alcohol motifs (C(OH)–C–C–N with tert-alkyl or cyclic N) is 1. The molecular weight excluding hydrogens is 344 g/mol. The van der Waals surface area contributed by atoms with Gasteiger partial charge in [0.1, 0.15) is 0 Å². The number of aliphatic hydroxyl groups is 1. The lowest BCUT2D eigenvalue weighted by molar-refractivity contribution is 0.0281. The average molecular weight is 366 g/mol. The lowest BCUT2D eigenvalue weighted by atomic mass is 10.0. The number of piperazine rings is 1. The molecule has 0 spiro atoms.